The van der Waals surface area contributed by atoms with Gasteiger partial charge in [0.05, 0.1) is 6.54 Å². The van der Waals surface area contributed by atoms with Gasteiger partial charge in [-0.25, -0.2) is 4.39 Å². The van der Waals surface area contributed by atoms with E-state index < -0.39 is 11.9 Å². The van der Waals surface area contributed by atoms with Gasteiger partial charge in [0.15, 0.2) is 11.6 Å². The predicted molar refractivity (Wildman–Crippen MR) is 81.2 cm³/mol. The maximum atomic E-state index is 13.4. The summed E-state index contributed by atoms with van der Waals surface area (Å²) >= 11 is 0. The number of rotatable bonds is 6. The zero-order valence-electron chi connectivity index (χ0n) is 12.2. The molecule has 3 rings (SSSR count). The van der Waals surface area contributed by atoms with Gasteiger partial charge in [0.2, 0.25) is 5.82 Å². The van der Waals surface area contributed by atoms with E-state index in [1.165, 1.54) is 16.9 Å². The highest BCUT2D eigenvalue weighted by Crippen LogP contribution is 2.16. The third-order valence-corrected chi connectivity index (χ3v) is 3.13. The van der Waals surface area contributed by atoms with Crippen LogP contribution < -0.4 is 4.74 Å². The topological polar surface area (TPSA) is 73.1 Å². The van der Waals surface area contributed by atoms with Crippen LogP contribution in [0.2, 0.25) is 0 Å². The molecular formula is C16H15FN4O2. The zero-order valence-corrected chi connectivity index (χ0v) is 12.2. The number of para-hydroxylation sites is 1. The van der Waals surface area contributed by atoms with Crippen molar-refractivity contribution in [2.24, 2.45) is 0 Å². The molecule has 0 unspecified atom stereocenters. The van der Waals surface area contributed by atoms with Gasteiger partial charge in [0.1, 0.15) is 12.7 Å². The normalized spacial score (nSPS) is 12.1. The molecule has 1 N–H and O–H groups in total. The average molecular weight is 314 g/mol. The third kappa shape index (κ3) is 3.89. The number of tetrazole rings is 1. The highest BCUT2D eigenvalue weighted by atomic mass is 19.1. The van der Waals surface area contributed by atoms with E-state index in [4.69, 9.17) is 4.74 Å². The lowest BCUT2D eigenvalue weighted by Crippen LogP contribution is -2.25. The Bertz CT molecular complexity index is 764. The van der Waals surface area contributed by atoms with Crippen LogP contribution in [0, 0.1) is 5.82 Å². The first kappa shape index (κ1) is 15.1. The van der Waals surface area contributed by atoms with Gasteiger partial charge in [-0.1, -0.05) is 42.5 Å². The number of halogens is 1. The van der Waals surface area contributed by atoms with E-state index in [0.717, 1.165) is 5.56 Å². The van der Waals surface area contributed by atoms with Gasteiger partial charge in [-0.2, -0.15) is 4.80 Å². The highest BCUT2D eigenvalue weighted by molar-refractivity contribution is 5.52. The summed E-state index contributed by atoms with van der Waals surface area (Å²) in [6.45, 7) is 0.0391. The number of hydrogen-bond acceptors (Lipinski definition) is 5. The second-order valence-electron chi connectivity index (χ2n) is 4.93. The number of hydrogen-bond donors (Lipinski definition) is 1. The second-order valence-corrected chi connectivity index (χ2v) is 4.93. The van der Waals surface area contributed by atoms with Crippen LogP contribution in [0.25, 0.3) is 11.4 Å². The van der Waals surface area contributed by atoms with E-state index in [0.29, 0.717) is 5.82 Å². The number of aliphatic hydroxyl groups excluding tert-OH is 1. The number of aliphatic hydroxyl groups is 1. The fraction of sp³-hybridized carbons (Fsp3) is 0.188. The molecule has 23 heavy (non-hydrogen) atoms. The smallest absolute Gasteiger partial charge is 0.204 e. The SMILES string of the molecule is O[C@@H](COc1ccccc1F)Cn1nnc(-c2ccccc2)n1. The molecule has 7 heteroatoms. The van der Waals surface area contributed by atoms with Crippen molar-refractivity contribution in [2.75, 3.05) is 6.61 Å². The molecule has 118 valence electrons. The van der Waals surface area contributed by atoms with Crippen molar-refractivity contribution >= 4 is 0 Å². The van der Waals surface area contributed by atoms with Gasteiger partial charge in [0.25, 0.3) is 0 Å². The molecule has 6 nitrogen and oxygen atoms in total. The molecule has 0 aliphatic carbocycles. The molecular weight excluding hydrogens is 299 g/mol. The molecule has 0 spiro atoms. The van der Waals surface area contributed by atoms with Crippen molar-refractivity contribution in [1.29, 1.82) is 0 Å². The fourth-order valence-electron chi connectivity index (χ4n) is 2.01. The minimum atomic E-state index is -0.882. The predicted octanol–water partition coefficient (Wildman–Crippen LogP) is 1.92. The van der Waals surface area contributed by atoms with Gasteiger partial charge in [-0.05, 0) is 17.3 Å². The molecule has 2 aromatic carbocycles. The van der Waals surface area contributed by atoms with Gasteiger partial charge in [-0.15, -0.1) is 10.2 Å². The summed E-state index contributed by atoms with van der Waals surface area (Å²) in [6, 6.07) is 15.4. The number of nitrogens with zero attached hydrogens (tertiary/aromatic N) is 4. The molecule has 1 heterocycles. The Kier molecular flexibility index (Phi) is 4.58. The first-order valence-electron chi connectivity index (χ1n) is 7.11. The Morgan fingerprint density at radius 1 is 1.09 bits per heavy atom. The van der Waals surface area contributed by atoms with E-state index in [9.17, 15) is 9.50 Å². The average Bonchev–Trinajstić information content (AvgIpc) is 3.03. The molecule has 0 saturated carbocycles. The molecule has 3 aromatic rings. The lowest BCUT2D eigenvalue weighted by molar-refractivity contribution is 0.0831. The Morgan fingerprint density at radius 3 is 2.61 bits per heavy atom. The maximum Gasteiger partial charge on any atom is 0.204 e. The molecule has 0 radical (unpaired) electrons. The molecule has 1 atom stereocenters. The summed E-state index contributed by atoms with van der Waals surface area (Å²) in [5.41, 5.74) is 0.843. The molecule has 0 aliphatic heterocycles. The number of ether oxygens (including phenoxy) is 1. The lowest BCUT2D eigenvalue weighted by Gasteiger charge is -2.11. The van der Waals surface area contributed by atoms with E-state index in [-0.39, 0.29) is 18.9 Å². The van der Waals surface area contributed by atoms with Crippen molar-refractivity contribution in [3.63, 3.8) is 0 Å². The summed E-state index contributed by atoms with van der Waals surface area (Å²) in [5, 5.41) is 22.0. The number of benzene rings is 2. The Hall–Kier alpha value is -2.80. The largest absolute Gasteiger partial charge is 0.488 e. The van der Waals surface area contributed by atoms with E-state index in [1.807, 2.05) is 30.3 Å². The summed E-state index contributed by atoms with van der Waals surface area (Å²) in [4.78, 5) is 1.29. The quantitative estimate of drug-likeness (QED) is 0.752. The van der Waals surface area contributed by atoms with Gasteiger partial charge >= 0.3 is 0 Å². The lowest BCUT2D eigenvalue weighted by atomic mass is 10.2. The zero-order chi connectivity index (χ0) is 16.1. The van der Waals surface area contributed by atoms with Crippen LogP contribution in [-0.2, 0) is 6.54 Å². The molecule has 0 fully saturated rings. The van der Waals surface area contributed by atoms with Crippen LogP contribution in [0.15, 0.2) is 54.6 Å². The molecule has 0 saturated heterocycles. The molecule has 0 aliphatic rings. The Balaban J connectivity index is 1.57. The van der Waals surface area contributed by atoms with Crippen LogP contribution in [-0.4, -0.2) is 38.0 Å². The third-order valence-electron chi connectivity index (χ3n) is 3.13. The van der Waals surface area contributed by atoms with Crippen molar-refractivity contribution in [3.8, 4) is 17.1 Å². The van der Waals surface area contributed by atoms with Crippen LogP contribution in [0.1, 0.15) is 0 Å². The summed E-state index contributed by atoms with van der Waals surface area (Å²) in [5.74, 6) is 0.112. The monoisotopic (exact) mass is 314 g/mol. The van der Waals surface area contributed by atoms with E-state index in [1.54, 1.807) is 12.1 Å². The molecule has 0 bridgehead atoms. The Labute approximate surface area is 132 Å². The van der Waals surface area contributed by atoms with Crippen LogP contribution >= 0.6 is 0 Å². The summed E-state index contributed by atoms with van der Waals surface area (Å²) < 4.78 is 18.7. The minimum Gasteiger partial charge on any atom is -0.488 e. The summed E-state index contributed by atoms with van der Waals surface area (Å²) in [6.07, 6.45) is -0.882. The van der Waals surface area contributed by atoms with E-state index in [2.05, 4.69) is 15.4 Å². The first-order chi connectivity index (χ1) is 11.2. The van der Waals surface area contributed by atoms with Crippen LogP contribution in [0.5, 0.6) is 5.75 Å². The van der Waals surface area contributed by atoms with E-state index >= 15 is 0 Å². The van der Waals surface area contributed by atoms with Crippen molar-refractivity contribution in [3.05, 3.63) is 60.4 Å². The van der Waals surface area contributed by atoms with Gasteiger partial charge in [-0.3, -0.25) is 0 Å². The number of aromatic nitrogens is 4. The summed E-state index contributed by atoms with van der Waals surface area (Å²) in [7, 11) is 0. The van der Waals surface area contributed by atoms with Gasteiger partial charge in [0, 0.05) is 5.56 Å². The van der Waals surface area contributed by atoms with Crippen molar-refractivity contribution in [2.45, 2.75) is 12.6 Å². The standard InChI is InChI=1S/C16H15FN4O2/c17-14-8-4-5-9-15(14)23-11-13(22)10-21-19-16(18-20-21)12-6-2-1-3-7-12/h1-9,13,22H,10-11H2/t13-/m1/s1. The Morgan fingerprint density at radius 2 is 1.83 bits per heavy atom. The highest BCUT2D eigenvalue weighted by Gasteiger charge is 2.12. The second kappa shape index (κ2) is 6.97. The minimum absolute atomic E-state index is 0.0663. The first-order valence-corrected chi connectivity index (χ1v) is 7.11. The van der Waals surface area contributed by atoms with Crippen molar-refractivity contribution in [1.82, 2.24) is 20.2 Å². The van der Waals surface area contributed by atoms with Crippen LogP contribution in [0.4, 0.5) is 4.39 Å². The molecule has 0 amide bonds. The van der Waals surface area contributed by atoms with Crippen molar-refractivity contribution < 1.29 is 14.2 Å². The van der Waals surface area contributed by atoms with Crippen LogP contribution in [0.3, 0.4) is 0 Å². The maximum absolute atomic E-state index is 13.4. The van der Waals surface area contributed by atoms with Gasteiger partial charge < -0.3 is 9.84 Å². The molecule has 1 aromatic heterocycles. The fourth-order valence-corrected chi connectivity index (χ4v) is 2.01.